The number of nitrogens with zero attached hydrogens (tertiary/aromatic N) is 1. The first-order chi connectivity index (χ1) is 11.0. The molecule has 0 aliphatic rings. The highest BCUT2D eigenvalue weighted by atomic mass is 16.3. The van der Waals surface area contributed by atoms with Crippen LogP contribution in [0.2, 0.25) is 0 Å². The normalized spacial score (nSPS) is 10.8. The Morgan fingerprint density at radius 1 is 1.17 bits per heavy atom. The molecule has 1 amide bonds. The average Bonchev–Trinajstić information content (AvgIpc) is 2.49. The number of hydrazone groups is 1. The minimum absolute atomic E-state index is 0.0237. The van der Waals surface area contributed by atoms with Crippen LogP contribution in [-0.2, 0) is 17.6 Å². The number of phenolic OH excluding ortho intramolecular Hbond substituents is 3. The summed E-state index contributed by atoms with van der Waals surface area (Å²) in [6, 6.07) is 9.17. The molecule has 0 atom stereocenters. The van der Waals surface area contributed by atoms with Crippen LogP contribution in [0.25, 0.3) is 0 Å². The van der Waals surface area contributed by atoms with Crippen LogP contribution in [0.5, 0.6) is 17.2 Å². The third kappa shape index (κ3) is 4.47. The molecule has 2 rings (SSSR count). The number of aryl methyl sites for hydroxylation is 1. The highest BCUT2D eigenvalue weighted by Gasteiger charge is 2.08. The van der Waals surface area contributed by atoms with Crippen LogP contribution < -0.4 is 5.43 Å². The van der Waals surface area contributed by atoms with Gasteiger partial charge in [0.1, 0.15) is 17.2 Å². The van der Waals surface area contributed by atoms with Crippen molar-refractivity contribution < 1.29 is 20.1 Å². The number of benzene rings is 2. The van der Waals surface area contributed by atoms with E-state index in [0.29, 0.717) is 23.1 Å². The van der Waals surface area contributed by atoms with E-state index >= 15 is 0 Å². The molecule has 6 heteroatoms. The number of hydrogen-bond acceptors (Lipinski definition) is 5. The van der Waals surface area contributed by atoms with E-state index in [4.69, 9.17) is 0 Å². The lowest BCUT2D eigenvalue weighted by molar-refractivity contribution is -0.120. The van der Waals surface area contributed by atoms with Crippen LogP contribution in [0.1, 0.15) is 23.6 Å². The van der Waals surface area contributed by atoms with Crippen LogP contribution in [-0.4, -0.2) is 27.4 Å². The number of carbonyl (C=O) groups excluding carboxylic acids is 1. The number of phenols is 3. The van der Waals surface area contributed by atoms with Gasteiger partial charge in [0.2, 0.25) is 5.91 Å². The number of carbonyl (C=O) groups is 1. The van der Waals surface area contributed by atoms with E-state index in [1.807, 2.05) is 6.92 Å². The highest BCUT2D eigenvalue weighted by Crippen LogP contribution is 2.26. The van der Waals surface area contributed by atoms with E-state index < -0.39 is 0 Å². The van der Waals surface area contributed by atoms with Crippen molar-refractivity contribution in [2.45, 2.75) is 19.8 Å². The van der Waals surface area contributed by atoms with Crippen molar-refractivity contribution in [1.29, 1.82) is 0 Å². The average molecular weight is 314 g/mol. The SMILES string of the molecule is CCc1cc(O)cc(O)c1C=NNC(=O)Cc1cccc(O)c1. The van der Waals surface area contributed by atoms with Gasteiger partial charge in [0, 0.05) is 11.6 Å². The fraction of sp³-hybridized carbons (Fsp3) is 0.176. The molecule has 0 bridgehead atoms. The third-order valence-electron chi connectivity index (χ3n) is 3.27. The lowest BCUT2D eigenvalue weighted by atomic mass is 10.0. The molecule has 120 valence electrons. The largest absolute Gasteiger partial charge is 0.508 e. The lowest BCUT2D eigenvalue weighted by Crippen LogP contribution is -2.19. The van der Waals surface area contributed by atoms with E-state index in [1.165, 1.54) is 30.5 Å². The molecule has 0 unspecified atom stereocenters. The summed E-state index contributed by atoms with van der Waals surface area (Å²) in [6.07, 6.45) is 2.02. The Bertz CT molecular complexity index is 741. The topological polar surface area (TPSA) is 102 Å². The minimum Gasteiger partial charge on any atom is -0.508 e. The number of rotatable bonds is 5. The molecule has 2 aromatic rings. The van der Waals surface area contributed by atoms with Gasteiger partial charge in [-0.25, -0.2) is 5.43 Å². The highest BCUT2D eigenvalue weighted by molar-refractivity contribution is 5.87. The Morgan fingerprint density at radius 3 is 2.65 bits per heavy atom. The molecule has 0 aliphatic carbocycles. The Labute approximate surface area is 133 Å². The van der Waals surface area contributed by atoms with Crippen molar-refractivity contribution in [1.82, 2.24) is 5.43 Å². The molecule has 0 heterocycles. The Hall–Kier alpha value is -3.02. The molecular formula is C17H18N2O4. The quantitative estimate of drug-likeness (QED) is 0.501. The predicted octanol–water partition coefficient (Wildman–Crippen LogP) is 2.06. The van der Waals surface area contributed by atoms with Gasteiger partial charge in [-0.05, 0) is 35.7 Å². The fourth-order valence-electron chi connectivity index (χ4n) is 2.18. The van der Waals surface area contributed by atoms with Crippen molar-refractivity contribution in [3.63, 3.8) is 0 Å². The molecule has 6 nitrogen and oxygen atoms in total. The summed E-state index contributed by atoms with van der Waals surface area (Å²) >= 11 is 0. The second-order valence-electron chi connectivity index (χ2n) is 5.03. The van der Waals surface area contributed by atoms with E-state index in [0.717, 1.165) is 0 Å². The standard InChI is InChI=1S/C17H18N2O4/c1-2-12-8-14(21)9-16(22)15(12)10-18-19-17(23)7-11-4-3-5-13(20)6-11/h3-6,8-10,20-22H,2,7H2,1H3,(H,19,23). The van der Waals surface area contributed by atoms with Crippen LogP contribution in [0.4, 0.5) is 0 Å². The predicted molar refractivity (Wildman–Crippen MR) is 86.7 cm³/mol. The summed E-state index contributed by atoms with van der Waals surface area (Å²) in [4.78, 5) is 11.8. The first-order valence-electron chi connectivity index (χ1n) is 7.14. The molecule has 0 radical (unpaired) electrons. The van der Waals surface area contributed by atoms with E-state index in [2.05, 4.69) is 10.5 Å². The van der Waals surface area contributed by atoms with Crippen molar-refractivity contribution in [3.8, 4) is 17.2 Å². The van der Waals surface area contributed by atoms with Crippen LogP contribution >= 0.6 is 0 Å². The molecule has 0 fully saturated rings. The second-order valence-corrected chi connectivity index (χ2v) is 5.03. The first-order valence-corrected chi connectivity index (χ1v) is 7.14. The third-order valence-corrected chi connectivity index (χ3v) is 3.27. The van der Waals surface area contributed by atoms with Crippen LogP contribution in [0.3, 0.4) is 0 Å². The summed E-state index contributed by atoms with van der Waals surface area (Å²) < 4.78 is 0. The van der Waals surface area contributed by atoms with E-state index in [-0.39, 0.29) is 29.6 Å². The van der Waals surface area contributed by atoms with Crippen LogP contribution in [0, 0.1) is 0 Å². The van der Waals surface area contributed by atoms with Crippen molar-refractivity contribution >= 4 is 12.1 Å². The molecule has 4 N–H and O–H groups in total. The van der Waals surface area contributed by atoms with Gasteiger partial charge in [-0.15, -0.1) is 0 Å². The summed E-state index contributed by atoms with van der Waals surface area (Å²) in [6.45, 7) is 1.88. The smallest absolute Gasteiger partial charge is 0.244 e. The second kappa shape index (κ2) is 7.31. The van der Waals surface area contributed by atoms with Gasteiger partial charge >= 0.3 is 0 Å². The van der Waals surface area contributed by atoms with E-state index in [9.17, 15) is 20.1 Å². The van der Waals surface area contributed by atoms with Crippen molar-refractivity contribution in [2.75, 3.05) is 0 Å². The van der Waals surface area contributed by atoms with Gasteiger partial charge in [-0.1, -0.05) is 19.1 Å². The van der Waals surface area contributed by atoms with Gasteiger partial charge in [-0.2, -0.15) is 5.10 Å². The zero-order valence-electron chi connectivity index (χ0n) is 12.7. The first kappa shape index (κ1) is 16.4. The maximum Gasteiger partial charge on any atom is 0.244 e. The van der Waals surface area contributed by atoms with E-state index in [1.54, 1.807) is 12.1 Å². The molecule has 0 saturated heterocycles. The van der Waals surface area contributed by atoms with Gasteiger partial charge in [0.15, 0.2) is 0 Å². The van der Waals surface area contributed by atoms with Gasteiger partial charge in [0.05, 0.1) is 12.6 Å². The summed E-state index contributed by atoms with van der Waals surface area (Å²) in [5.41, 5.74) is 4.20. The van der Waals surface area contributed by atoms with Gasteiger partial charge in [0.25, 0.3) is 0 Å². The summed E-state index contributed by atoms with van der Waals surface area (Å²) in [7, 11) is 0. The number of hydrogen-bond donors (Lipinski definition) is 4. The Kier molecular flexibility index (Phi) is 5.19. The van der Waals surface area contributed by atoms with Crippen molar-refractivity contribution in [2.24, 2.45) is 5.10 Å². The fourth-order valence-corrected chi connectivity index (χ4v) is 2.18. The Balaban J connectivity index is 2.03. The summed E-state index contributed by atoms with van der Waals surface area (Å²) in [5, 5.41) is 32.5. The zero-order chi connectivity index (χ0) is 16.8. The van der Waals surface area contributed by atoms with Crippen molar-refractivity contribution in [3.05, 3.63) is 53.1 Å². The molecule has 0 spiro atoms. The monoisotopic (exact) mass is 314 g/mol. The van der Waals surface area contributed by atoms with Gasteiger partial charge in [-0.3, -0.25) is 4.79 Å². The van der Waals surface area contributed by atoms with Gasteiger partial charge < -0.3 is 15.3 Å². The number of aromatic hydroxyl groups is 3. The summed E-state index contributed by atoms with van der Waals surface area (Å²) in [5.74, 6) is -0.374. The minimum atomic E-state index is -0.344. The maximum atomic E-state index is 11.8. The number of amides is 1. The lowest BCUT2D eigenvalue weighted by Gasteiger charge is -2.07. The molecule has 2 aromatic carbocycles. The number of nitrogens with one attached hydrogen (secondary N) is 1. The van der Waals surface area contributed by atoms with Crippen LogP contribution in [0.15, 0.2) is 41.5 Å². The molecule has 0 aromatic heterocycles. The maximum absolute atomic E-state index is 11.8. The zero-order valence-corrected chi connectivity index (χ0v) is 12.7. The molecule has 0 aliphatic heterocycles. The molecule has 23 heavy (non-hydrogen) atoms. The Morgan fingerprint density at radius 2 is 1.96 bits per heavy atom. The molecular weight excluding hydrogens is 296 g/mol. The molecule has 0 saturated carbocycles.